The highest BCUT2D eigenvalue weighted by Crippen LogP contribution is 2.39. The summed E-state index contributed by atoms with van der Waals surface area (Å²) in [5.74, 6) is 0.961. The zero-order valence-corrected chi connectivity index (χ0v) is 16.1. The second-order valence-corrected chi connectivity index (χ2v) is 7.34. The third-order valence-corrected chi connectivity index (χ3v) is 5.13. The summed E-state index contributed by atoms with van der Waals surface area (Å²) in [5.41, 5.74) is 7.21. The van der Waals surface area contributed by atoms with E-state index in [9.17, 15) is 13.2 Å². The largest absolute Gasteiger partial charge is 0.573 e. The molecule has 162 valence electrons. The van der Waals surface area contributed by atoms with Crippen molar-refractivity contribution in [1.29, 1.82) is 0 Å². The fourth-order valence-electron chi connectivity index (χ4n) is 3.54. The maximum absolute atomic E-state index is 12.1. The molecule has 1 aliphatic carbocycles. The van der Waals surface area contributed by atoms with Gasteiger partial charge >= 0.3 is 19.6 Å². The van der Waals surface area contributed by atoms with Crippen molar-refractivity contribution in [1.82, 2.24) is 0 Å². The number of benzene rings is 1. The van der Waals surface area contributed by atoms with E-state index in [4.69, 9.17) is 25.4 Å². The lowest BCUT2D eigenvalue weighted by molar-refractivity contribution is -0.274. The molecule has 6 nitrogen and oxygen atoms in total. The first-order chi connectivity index (χ1) is 13.6. The van der Waals surface area contributed by atoms with E-state index < -0.39 is 13.5 Å². The van der Waals surface area contributed by atoms with Crippen molar-refractivity contribution in [3.05, 3.63) is 29.8 Å². The number of hydrogen-bond donors (Lipinski definition) is 3. The number of aryl methyl sites for hydroxylation is 1. The van der Waals surface area contributed by atoms with Crippen LogP contribution in [0.15, 0.2) is 24.3 Å². The topological polar surface area (TPSA) is 110 Å². The molecule has 29 heavy (non-hydrogen) atoms. The number of ether oxygens (including phenoxy) is 1. The van der Waals surface area contributed by atoms with Gasteiger partial charge in [-0.2, -0.15) is 9.59 Å². The van der Waals surface area contributed by atoms with Crippen molar-refractivity contribution in [2.24, 2.45) is 17.6 Å². The van der Waals surface area contributed by atoms with Crippen LogP contribution in [0.2, 0.25) is 6.32 Å². The highest BCUT2D eigenvalue weighted by molar-refractivity contribution is 6.40. The summed E-state index contributed by atoms with van der Waals surface area (Å²) in [6.45, 7) is 0. The molecule has 4 N–H and O–H groups in total. The summed E-state index contributed by atoms with van der Waals surface area (Å²) in [5, 5.41) is 17.6. The van der Waals surface area contributed by atoms with Crippen LogP contribution in [0.4, 0.5) is 13.2 Å². The molecule has 2 rings (SSSR count). The Kier molecular flexibility index (Phi) is 11.0. The van der Waals surface area contributed by atoms with Crippen molar-refractivity contribution in [3.8, 4) is 5.75 Å². The molecule has 1 fully saturated rings. The van der Waals surface area contributed by atoms with Gasteiger partial charge in [-0.1, -0.05) is 25.0 Å². The smallest absolute Gasteiger partial charge is 0.427 e. The van der Waals surface area contributed by atoms with E-state index in [0.717, 1.165) is 50.5 Å². The minimum Gasteiger partial charge on any atom is -0.427 e. The third-order valence-electron chi connectivity index (χ3n) is 5.13. The van der Waals surface area contributed by atoms with Crippen molar-refractivity contribution in [2.75, 3.05) is 0 Å². The summed E-state index contributed by atoms with van der Waals surface area (Å²) in [6, 6.07) is 6.23. The van der Waals surface area contributed by atoms with Crippen LogP contribution < -0.4 is 10.5 Å². The predicted molar refractivity (Wildman–Crippen MR) is 99.5 cm³/mol. The van der Waals surface area contributed by atoms with Crippen molar-refractivity contribution in [2.45, 2.75) is 63.7 Å². The second-order valence-electron chi connectivity index (χ2n) is 7.34. The highest BCUT2D eigenvalue weighted by atomic mass is 19.4. The summed E-state index contributed by atoms with van der Waals surface area (Å²) in [4.78, 5) is 16.2. The Morgan fingerprint density at radius 1 is 1.17 bits per heavy atom. The molecule has 0 heterocycles. The number of carbonyl (C=O) groups excluding carboxylic acids is 2. The van der Waals surface area contributed by atoms with Gasteiger partial charge < -0.3 is 20.5 Å². The van der Waals surface area contributed by atoms with Crippen LogP contribution in [0.25, 0.3) is 0 Å². The molecule has 0 bridgehead atoms. The molecule has 1 unspecified atom stereocenters. The molecule has 1 aromatic carbocycles. The number of halogens is 3. The second kappa shape index (κ2) is 12.6. The molecule has 1 aliphatic rings. The maximum Gasteiger partial charge on any atom is 0.573 e. The molecule has 1 aromatic rings. The lowest BCUT2D eigenvalue weighted by Gasteiger charge is -2.39. The fourth-order valence-corrected chi connectivity index (χ4v) is 3.54. The molecule has 1 atom stereocenters. The average molecular weight is 417 g/mol. The molecule has 0 radical (unpaired) electrons. The summed E-state index contributed by atoms with van der Waals surface area (Å²) in [6.07, 6.45) is 2.63. The molecule has 10 heteroatoms. The van der Waals surface area contributed by atoms with Gasteiger partial charge in [-0.05, 0) is 68.0 Å². The Morgan fingerprint density at radius 2 is 1.76 bits per heavy atom. The van der Waals surface area contributed by atoms with Crippen LogP contribution in [0.1, 0.15) is 44.1 Å². The van der Waals surface area contributed by atoms with Gasteiger partial charge in [-0.15, -0.1) is 13.2 Å². The van der Waals surface area contributed by atoms with E-state index >= 15 is 0 Å². The highest BCUT2D eigenvalue weighted by Gasteiger charge is 2.33. The molecule has 0 aromatic heterocycles. The maximum atomic E-state index is 12.1. The third kappa shape index (κ3) is 11.0. The monoisotopic (exact) mass is 417 g/mol. The van der Waals surface area contributed by atoms with E-state index in [0.29, 0.717) is 18.2 Å². The molecular weight excluding hydrogens is 390 g/mol. The Morgan fingerprint density at radius 3 is 2.28 bits per heavy atom. The number of rotatable bonds is 10. The van der Waals surface area contributed by atoms with E-state index in [1.165, 1.54) is 12.1 Å². The zero-order valence-electron chi connectivity index (χ0n) is 16.1. The van der Waals surface area contributed by atoms with Crippen LogP contribution in [-0.2, 0) is 16.0 Å². The van der Waals surface area contributed by atoms with Gasteiger partial charge in [0.05, 0.1) is 0 Å². The average Bonchev–Trinajstić information content (AvgIpc) is 2.58. The Hall–Kier alpha value is -1.87. The van der Waals surface area contributed by atoms with E-state index in [1.807, 2.05) is 0 Å². The summed E-state index contributed by atoms with van der Waals surface area (Å²) < 4.78 is 40.3. The lowest BCUT2D eigenvalue weighted by Crippen LogP contribution is -2.39. The van der Waals surface area contributed by atoms with Gasteiger partial charge in [0.25, 0.3) is 0 Å². The fraction of sp³-hybridized carbons (Fsp3) is 0.632. The quantitative estimate of drug-likeness (QED) is 0.399. The SMILES string of the molecule is NC(CCCCB(O)O)C1CC(CCc2ccc(OC(F)(F)F)cc2)C1.O=C=O. The lowest BCUT2D eigenvalue weighted by atomic mass is 9.68. The van der Waals surface area contributed by atoms with Crippen LogP contribution in [0.5, 0.6) is 5.75 Å². The standard InChI is InChI=1S/C18H27BF3NO3.CO2/c20-18(21,22)26-16-8-6-13(7-9-16)4-5-14-11-15(12-14)17(23)3-1-2-10-19(24)25;2-1-3/h6-9,14-15,17,24-25H,1-5,10-12,23H2;. The zero-order chi connectivity index (χ0) is 21.9. The van der Waals surface area contributed by atoms with Crippen molar-refractivity contribution in [3.63, 3.8) is 0 Å². The predicted octanol–water partition coefficient (Wildman–Crippen LogP) is 2.93. The molecule has 1 saturated carbocycles. The number of unbranched alkanes of at least 4 members (excludes halogenated alkanes) is 1. The van der Waals surface area contributed by atoms with Gasteiger partial charge in [0.2, 0.25) is 0 Å². The minimum atomic E-state index is -4.65. The molecule has 0 saturated heterocycles. The van der Waals surface area contributed by atoms with Crippen LogP contribution in [0, 0.1) is 11.8 Å². The number of alkyl halides is 3. The van der Waals surface area contributed by atoms with Gasteiger partial charge in [-0.3, -0.25) is 0 Å². The Bertz CT molecular complexity index is 615. The van der Waals surface area contributed by atoms with Crippen molar-refractivity contribution < 1.29 is 37.5 Å². The summed E-state index contributed by atoms with van der Waals surface area (Å²) in [7, 11) is -1.23. The normalized spacial score (nSPS) is 19.2. The van der Waals surface area contributed by atoms with Gasteiger partial charge in [-0.25, -0.2) is 0 Å². The van der Waals surface area contributed by atoms with E-state index in [1.54, 1.807) is 12.1 Å². The number of nitrogens with two attached hydrogens (primary N) is 1. The van der Waals surface area contributed by atoms with Crippen LogP contribution in [0.3, 0.4) is 0 Å². The first kappa shape index (κ1) is 25.2. The molecular formula is C19H27BF3NO5. The Labute approximate surface area is 168 Å². The molecule has 0 spiro atoms. The van der Waals surface area contributed by atoms with Gasteiger partial charge in [0, 0.05) is 6.04 Å². The first-order valence-electron chi connectivity index (χ1n) is 9.60. The number of hydrogen-bond acceptors (Lipinski definition) is 6. The van der Waals surface area contributed by atoms with Gasteiger partial charge in [0.15, 0.2) is 0 Å². The summed E-state index contributed by atoms with van der Waals surface area (Å²) >= 11 is 0. The van der Waals surface area contributed by atoms with Gasteiger partial charge in [0.1, 0.15) is 5.75 Å². The molecule has 0 aliphatic heterocycles. The Balaban J connectivity index is 0.00000132. The van der Waals surface area contributed by atoms with E-state index in [2.05, 4.69) is 4.74 Å². The molecule has 0 amide bonds. The first-order valence-corrected chi connectivity index (χ1v) is 9.60. The van der Waals surface area contributed by atoms with Crippen LogP contribution >= 0.6 is 0 Å². The van der Waals surface area contributed by atoms with Crippen molar-refractivity contribution >= 4 is 13.3 Å². The minimum absolute atomic E-state index is 0.167. The van der Waals surface area contributed by atoms with E-state index in [-0.39, 0.29) is 17.9 Å². The van der Waals surface area contributed by atoms with Crippen LogP contribution in [-0.4, -0.2) is 35.7 Å².